The van der Waals surface area contributed by atoms with E-state index in [9.17, 15) is 8.42 Å². The summed E-state index contributed by atoms with van der Waals surface area (Å²) in [4.78, 5) is 6.49. The summed E-state index contributed by atoms with van der Waals surface area (Å²) in [5.41, 5.74) is 1.10. The first-order valence-corrected chi connectivity index (χ1v) is 9.60. The Labute approximate surface area is 161 Å². The van der Waals surface area contributed by atoms with E-state index in [1.165, 1.54) is 6.26 Å². The van der Waals surface area contributed by atoms with E-state index in [2.05, 4.69) is 15.4 Å². The fourth-order valence-electron chi connectivity index (χ4n) is 1.90. The molecule has 0 unspecified atom stereocenters. The number of ether oxygens (including phenoxy) is 1. The van der Waals surface area contributed by atoms with Crippen LogP contribution in [0.2, 0.25) is 0 Å². The number of rotatable bonds is 9. The minimum absolute atomic E-state index is 0. The third-order valence-electron chi connectivity index (χ3n) is 2.97. The Morgan fingerprint density at radius 3 is 2.71 bits per heavy atom. The Morgan fingerprint density at radius 1 is 1.46 bits per heavy atom. The molecule has 0 aliphatic heterocycles. The largest absolute Gasteiger partial charge is 0.378 e. The van der Waals surface area contributed by atoms with E-state index < -0.39 is 9.84 Å². The van der Waals surface area contributed by atoms with Crippen molar-refractivity contribution in [1.29, 1.82) is 0 Å². The fourth-order valence-corrected chi connectivity index (χ4v) is 2.32. The molecular weight excluding hydrogens is 445 g/mol. The molecule has 1 N–H and O–H groups in total. The van der Waals surface area contributed by atoms with Crippen LogP contribution < -0.4 is 5.32 Å². The number of sulfone groups is 1. The normalized spacial score (nSPS) is 11.9. The number of aromatic nitrogens is 2. The molecule has 0 radical (unpaired) electrons. The van der Waals surface area contributed by atoms with Crippen LogP contribution in [0.4, 0.5) is 0 Å². The lowest BCUT2D eigenvalue weighted by molar-refractivity contribution is 0.157. The van der Waals surface area contributed by atoms with Gasteiger partial charge in [-0.2, -0.15) is 5.10 Å². The summed E-state index contributed by atoms with van der Waals surface area (Å²) in [6, 6.07) is 0. The number of halogens is 1. The predicted molar refractivity (Wildman–Crippen MR) is 107 cm³/mol. The Morgan fingerprint density at radius 2 is 2.17 bits per heavy atom. The van der Waals surface area contributed by atoms with Gasteiger partial charge in [0.15, 0.2) is 5.96 Å². The van der Waals surface area contributed by atoms with Crippen molar-refractivity contribution in [2.24, 2.45) is 12.0 Å². The molecule has 0 saturated heterocycles. The standard InChI is InChI=1S/C14H27N5O3S.HI/c1-5-15-14(16-6-7-22-8-9-23(4,20)21)18(2)11-13-10-17-19(3)12-13;/h10,12H,5-9,11H2,1-4H3,(H,15,16);1H. The van der Waals surface area contributed by atoms with Crippen molar-refractivity contribution in [3.05, 3.63) is 18.0 Å². The molecule has 140 valence electrons. The summed E-state index contributed by atoms with van der Waals surface area (Å²) in [6.07, 6.45) is 4.99. The molecule has 0 spiro atoms. The zero-order valence-electron chi connectivity index (χ0n) is 14.7. The smallest absolute Gasteiger partial charge is 0.194 e. The van der Waals surface area contributed by atoms with Crippen LogP contribution in [-0.4, -0.2) is 74.4 Å². The first-order valence-electron chi connectivity index (χ1n) is 7.54. The SMILES string of the molecule is CCNC(=NCCOCCS(C)(=O)=O)N(C)Cc1cnn(C)c1.I. The van der Waals surface area contributed by atoms with Gasteiger partial charge in [-0.25, -0.2) is 8.42 Å². The van der Waals surface area contributed by atoms with E-state index in [0.717, 1.165) is 18.1 Å². The van der Waals surface area contributed by atoms with Crippen LogP contribution in [0, 0.1) is 0 Å². The van der Waals surface area contributed by atoms with Gasteiger partial charge < -0.3 is 15.0 Å². The van der Waals surface area contributed by atoms with Gasteiger partial charge in [0, 0.05) is 45.2 Å². The summed E-state index contributed by atoms with van der Waals surface area (Å²) in [5.74, 6) is 0.820. The third kappa shape index (κ3) is 10.1. The molecule has 1 heterocycles. The molecule has 24 heavy (non-hydrogen) atoms. The topological polar surface area (TPSA) is 88.8 Å². The summed E-state index contributed by atoms with van der Waals surface area (Å²) in [5, 5.41) is 7.37. The Hall–Kier alpha value is -0.880. The number of nitrogens with zero attached hydrogens (tertiary/aromatic N) is 4. The van der Waals surface area contributed by atoms with E-state index in [-0.39, 0.29) is 36.3 Å². The van der Waals surface area contributed by atoms with Crippen molar-refractivity contribution in [1.82, 2.24) is 20.0 Å². The van der Waals surface area contributed by atoms with Gasteiger partial charge in [0.25, 0.3) is 0 Å². The van der Waals surface area contributed by atoms with E-state index >= 15 is 0 Å². The van der Waals surface area contributed by atoms with Crippen LogP contribution in [0.5, 0.6) is 0 Å². The van der Waals surface area contributed by atoms with Crippen molar-refractivity contribution in [2.75, 3.05) is 45.4 Å². The van der Waals surface area contributed by atoms with Crippen molar-refractivity contribution >= 4 is 39.8 Å². The molecule has 1 aromatic rings. The van der Waals surface area contributed by atoms with Crippen molar-refractivity contribution in [3.8, 4) is 0 Å². The zero-order chi connectivity index (χ0) is 17.3. The average Bonchev–Trinajstić information content (AvgIpc) is 2.85. The molecule has 0 bridgehead atoms. The van der Waals surface area contributed by atoms with Crippen molar-refractivity contribution in [3.63, 3.8) is 0 Å². The molecule has 0 fully saturated rings. The van der Waals surface area contributed by atoms with Crippen LogP contribution in [0.25, 0.3) is 0 Å². The molecule has 0 atom stereocenters. The molecular formula is C14H28IN5O3S. The minimum atomic E-state index is -2.97. The van der Waals surface area contributed by atoms with E-state index in [0.29, 0.717) is 19.7 Å². The van der Waals surface area contributed by atoms with Gasteiger partial charge in [-0.05, 0) is 6.92 Å². The van der Waals surface area contributed by atoms with Gasteiger partial charge in [-0.1, -0.05) is 0 Å². The first kappa shape index (κ1) is 23.1. The third-order valence-corrected chi connectivity index (χ3v) is 3.88. The molecule has 0 amide bonds. The summed E-state index contributed by atoms with van der Waals surface area (Å²) < 4.78 is 29.0. The molecule has 0 aliphatic rings. The van der Waals surface area contributed by atoms with Crippen LogP contribution in [0.3, 0.4) is 0 Å². The highest BCUT2D eigenvalue weighted by Crippen LogP contribution is 2.01. The molecule has 1 rings (SSSR count). The van der Waals surface area contributed by atoms with Gasteiger partial charge in [0.2, 0.25) is 0 Å². The lowest BCUT2D eigenvalue weighted by Crippen LogP contribution is -2.38. The number of aliphatic imine (C=N–C) groups is 1. The Balaban J connectivity index is 0.00000529. The van der Waals surface area contributed by atoms with Crippen LogP contribution in [-0.2, 0) is 28.2 Å². The highest BCUT2D eigenvalue weighted by molar-refractivity contribution is 14.0. The zero-order valence-corrected chi connectivity index (χ0v) is 17.9. The lowest BCUT2D eigenvalue weighted by atomic mass is 10.3. The number of guanidine groups is 1. The second-order valence-corrected chi connectivity index (χ2v) is 7.62. The second-order valence-electron chi connectivity index (χ2n) is 5.36. The molecule has 8 nitrogen and oxygen atoms in total. The Kier molecular flexibility index (Phi) is 11.2. The number of hydrogen-bond acceptors (Lipinski definition) is 5. The fraction of sp³-hybridized carbons (Fsp3) is 0.714. The summed E-state index contributed by atoms with van der Waals surface area (Å²) in [6.45, 7) is 4.56. The maximum absolute atomic E-state index is 11.0. The highest BCUT2D eigenvalue weighted by atomic mass is 127. The van der Waals surface area contributed by atoms with Gasteiger partial charge in [0.1, 0.15) is 9.84 Å². The lowest BCUT2D eigenvalue weighted by Gasteiger charge is -2.21. The highest BCUT2D eigenvalue weighted by Gasteiger charge is 2.07. The molecule has 0 aromatic carbocycles. The molecule has 1 aromatic heterocycles. The monoisotopic (exact) mass is 473 g/mol. The predicted octanol–water partition coefficient (Wildman–Crippen LogP) is 0.497. The average molecular weight is 473 g/mol. The quantitative estimate of drug-likeness (QED) is 0.243. The van der Waals surface area contributed by atoms with Gasteiger partial charge in [-0.3, -0.25) is 9.67 Å². The number of nitrogens with one attached hydrogen (secondary N) is 1. The molecule has 10 heteroatoms. The minimum Gasteiger partial charge on any atom is -0.378 e. The first-order chi connectivity index (χ1) is 10.8. The molecule has 0 aliphatic carbocycles. The van der Waals surface area contributed by atoms with Crippen molar-refractivity contribution in [2.45, 2.75) is 13.5 Å². The Bertz CT molecular complexity index is 603. The van der Waals surface area contributed by atoms with Gasteiger partial charge >= 0.3 is 0 Å². The van der Waals surface area contributed by atoms with E-state index in [1.54, 1.807) is 4.68 Å². The number of hydrogen-bond donors (Lipinski definition) is 1. The molecule has 0 saturated carbocycles. The number of aryl methyl sites for hydroxylation is 1. The maximum Gasteiger partial charge on any atom is 0.194 e. The van der Waals surface area contributed by atoms with E-state index in [4.69, 9.17) is 4.74 Å². The summed E-state index contributed by atoms with van der Waals surface area (Å²) >= 11 is 0. The second kappa shape index (κ2) is 11.6. The van der Waals surface area contributed by atoms with Crippen LogP contribution in [0.1, 0.15) is 12.5 Å². The van der Waals surface area contributed by atoms with Crippen LogP contribution >= 0.6 is 24.0 Å². The maximum atomic E-state index is 11.0. The van der Waals surface area contributed by atoms with Crippen LogP contribution in [0.15, 0.2) is 17.4 Å². The van der Waals surface area contributed by atoms with Gasteiger partial charge in [0.05, 0.1) is 31.7 Å². The summed E-state index contributed by atoms with van der Waals surface area (Å²) in [7, 11) is 0.871. The van der Waals surface area contributed by atoms with Gasteiger partial charge in [-0.15, -0.1) is 24.0 Å². The van der Waals surface area contributed by atoms with Crippen molar-refractivity contribution < 1.29 is 13.2 Å². The van der Waals surface area contributed by atoms with E-state index in [1.807, 2.05) is 38.3 Å².